The lowest BCUT2D eigenvalue weighted by Gasteiger charge is -2.00. The van der Waals surface area contributed by atoms with Gasteiger partial charge in [-0.2, -0.15) is 0 Å². The molecule has 0 saturated heterocycles. The summed E-state index contributed by atoms with van der Waals surface area (Å²) in [7, 11) is 0.367. The molecule has 0 aliphatic heterocycles. The summed E-state index contributed by atoms with van der Waals surface area (Å²) in [4.78, 5) is 0. The number of benzene rings is 1. The van der Waals surface area contributed by atoms with Gasteiger partial charge in [0.1, 0.15) is 0 Å². The molecule has 0 saturated carbocycles. The first kappa shape index (κ1) is 15.6. The Hall–Kier alpha value is -0.356. The molecule has 0 spiro atoms. The van der Waals surface area contributed by atoms with Crippen LogP contribution in [-0.4, -0.2) is 31.8 Å². The van der Waals surface area contributed by atoms with Crippen molar-refractivity contribution in [2.45, 2.75) is 13.1 Å². The first-order valence-electron chi connectivity index (χ1n) is 5.46. The maximum Gasteiger partial charge on any atom is 0.170 e. The number of hydrogen-bond donors (Lipinski definition) is 0. The lowest BCUT2D eigenvalue weighted by molar-refractivity contribution is 0.353. The molecule has 0 atom stereocenters. The molecule has 1 rings (SSSR count). The Bertz CT molecular complexity index is 286. The highest BCUT2D eigenvalue weighted by atomic mass is 35.5. The van der Waals surface area contributed by atoms with E-state index in [1.165, 1.54) is 10.8 Å². The van der Waals surface area contributed by atoms with Crippen molar-refractivity contribution in [2.24, 2.45) is 0 Å². The van der Waals surface area contributed by atoms with Gasteiger partial charge in [0, 0.05) is 22.7 Å². The van der Waals surface area contributed by atoms with Crippen LogP contribution in [0.5, 0.6) is 0 Å². The molecule has 0 amide bonds. The molecule has 0 N–H and O–H groups in total. The van der Waals surface area contributed by atoms with Gasteiger partial charge in [-0.3, -0.25) is 0 Å². The molecular formula is C12H21ClOSi2. The molecule has 0 bridgehead atoms. The maximum atomic E-state index is 5.34. The fraction of sp³-hybridized carbons (Fsp3) is 0.333. The van der Waals surface area contributed by atoms with Crippen molar-refractivity contribution in [1.82, 2.24) is 0 Å². The second kappa shape index (κ2) is 9.84. The molecular weight excluding hydrogens is 252 g/mol. The van der Waals surface area contributed by atoms with Crippen LogP contribution < -0.4 is 5.19 Å². The van der Waals surface area contributed by atoms with Gasteiger partial charge in [0.05, 0.1) is 0 Å². The average Bonchev–Trinajstić information content (AvgIpc) is 2.28. The van der Waals surface area contributed by atoms with Crippen molar-refractivity contribution < 1.29 is 4.43 Å². The van der Waals surface area contributed by atoms with E-state index in [-0.39, 0.29) is 0 Å². The van der Waals surface area contributed by atoms with Crippen LogP contribution in [0.25, 0.3) is 6.08 Å². The fourth-order valence-corrected chi connectivity index (χ4v) is 2.14. The third-order valence-electron chi connectivity index (χ3n) is 1.84. The Balaban J connectivity index is 0.000000293. The Kier molecular flexibility index (Phi) is 9.62. The normalized spacial score (nSPS) is 9.75. The third kappa shape index (κ3) is 8.91. The first-order valence-corrected chi connectivity index (χ1v) is 9.78. The maximum absolute atomic E-state index is 5.34. The van der Waals surface area contributed by atoms with Crippen molar-refractivity contribution in [3.05, 3.63) is 36.4 Å². The Labute approximate surface area is 109 Å². The molecule has 1 aromatic rings. The smallest absolute Gasteiger partial charge is 0.170 e. The van der Waals surface area contributed by atoms with Gasteiger partial charge in [-0.15, -0.1) is 11.6 Å². The van der Waals surface area contributed by atoms with Gasteiger partial charge in [0.2, 0.25) is 0 Å². The van der Waals surface area contributed by atoms with Gasteiger partial charge in [-0.25, -0.2) is 0 Å². The summed E-state index contributed by atoms with van der Waals surface area (Å²) in [6.45, 7) is 8.66. The molecule has 0 aliphatic rings. The van der Waals surface area contributed by atoms with E-state index < -0.39 is 9.04 Å². The highest BCUT2D eigenvalue weighted by molar-refractivity contribution is 6.48. The van der Waals surface area contributed by atoms with Crippen LogP contribution >= 0.6 is 11.6 Å². The average molecular weight is 273 g/mol. The molecule has 1 aromatic carbocycles. The van der Waals surface area contributed by atoms with Crippen LogP contribution in [0.4, 0.5) is 0 Å². The van der Waals surface area contributed by atoms with Crippen LogP contribution in [0.1, 0.15) is 5.56 Å². The highest BCUT2D eigenvalue weighted by Gasteiger charge is 1.90. The van der Waals surface area contributed by atoms with E-state index in [1.54, 1.807) is 0 Å². The second-order valence-corrected chi connectivity index (χ2v) is 7.69. The van der Waals surface area contributed by atoms with Crippen molar-refractivity contribution in [3.8, 4) is 0 Å². The molecule has 4 heteroatoms. The quantitative estimate of drug-likeness (QED) is 0.597. The lowest BCUT2D eigenvalue weighted by atomic mass is 10.2. The van der Waals surface area contributed by atoms with Gasteiger partial charge in [-0.1, -0.05) is 42.1 Å². The van der Waals surface area contributed by atoms with E-state index >= 15 is 0 Å². The van der Waals surface area contributed by atoms with Crippen LogP contribution in [0.15, 0.2) is 30.8 Å². The Morgan fingerprint density at radius 3 is 2.25 bits per heavy atom. The summed E-state index contributed by atoms with van der Waals surface area (Å²) < 4.78 is 5.20. The predicted octanol–water partition coefficient (Wildman–Crippen LogP) is 1.55. The monoisotopic (exact) mass is 272 g/mol. The number of hydrogen-bond acceptors (Lipinski definition) is 1. The van der Waals surface area contributed by atoms with Crippen LogP contribution in [-0.2, 0) is 4.43 Å². The Morgan fingerprint density at radius 2 is 1.94 bits per heavy atom. The summed E-state index contributed by atoms with van der Waals surface area (Å²) in [5.74, 6) is 0.630. The van der Waals surface area contributed by atoms with Gasteiger partial charge in [-0.05, 0) is 18.7 Å². The highest BCUT2D eigenvalue weighted by Crippen LogP contribution is 1.95. The SMILES string of the molecule is C=Cc1ccc([SiH3])cc1.C[SiH](C)OCCCl. The topological polar surface area (TPSA) is 9.23 Å². The molecule has 0 radical (unpaired) electrons. The van der Waals surface area contributed by atoms with E-state index in [1.807, 2.05) is 6.08 Å². The van der Waals surface area contributed by atoms with Gasteiger partial charge >= 0.3 is 0 Å². The van der Waals surface area contributed by atoms with E-state index in [4.69, 9.17) is 16.0 Å². The fourth-order valence-electron chi connectivity index (χ4n) is 0.983. The number of halogens is 1. The number of alkyl halides is 1. The Morgan fingerprint density at radius 1 is 1.38 bits per heavy atom. The molecule has 0 aromatic heterocycles. The van der Waals surface area contributed by atoms with E-state index in [2.05, 4.69) is 43.9 Å². The van der Waals surface area contributed by atoms with Gasteiger partial charge < -0.3 is 4.43 Å². The molecule has 90 valence electrons. The standard InChI is InChI=1S/C8H10Si.C4H11ClOSi/c1-2-7-3-5-8(9)6-4-7;1-7(2)6-4-3-5/h2-6H,1H2,9H3;7H,3-4H2,1-2H3. The van der Waals surface area contributed by atoms with Crippen LogP contribution in [0.2, 0.25) is 13.1 Å². The summed E-state index contributed by atoms with van der Waals surface area (Å²) in [5, 5.41) is 1.43. The molecule has 0 heterocycles. The predicted molar refractivity (Wildman–Crippen MR) is 81.7 cm³/mol. The zero-order valence-corrected chi connectivity index (χ0v) is 14.3. The van der Waals surface area contributed by atoms with Crippen molar-refractivity contribution >= 4 is 42.1 Å². The van der Waals surface area contributed by atoms with Gasteiger partial charge in [0.15, 0.2) is 9.04 Å². The lowest BCUT2D eigenvalue weighted by Crippen LogP contribution is -2.08. The van der Waals surface area contributed by atoms with Crippen molar-refractivity contribution in [1.29, 1.82) is 0 Å². The largest absolute Gasteiger partial charge is 0.419 e. The zero-order chi connectivity index (χ0) is 12.4. The first-order chi connectivity index (χ1) is 7.60. The minimum Gasteiger partial charge on any atom is -0.419 e. The van der Waals surface area contributed by atoms with Gasteiger partial charge in [0.25, 0.3) is 0 Å². The summed E-state index contributed by atoms with van der Waals surface area (Å²) in [5.41, 5.74) is 1.20. The van der Waals surface area contributed by atoms with E-state index in [0.717, 1.165) is 16.8 Å². The minimum absolute atomic E-state index is 0.630. The van der Waals surface area contributed by atoms with Crippen molar-refractivity contribution in [2.75, 3.05) is 12.5 Å². The zero-order valence-electron chi connectivity index (χ0n) is 10.4. The van der Waals surface area contributed by atoms with Crippen molar-refractivity contribution in [3.63, 3.8) is 0 Å². The minimum atomic E-state index is -0.773. The molecule has 1 nitrogen and oxygen atoms in total. The summed E-state index contributed by atoms with van der Waals surface area (Å²) >= 11 is 5.34. The van der Waals surface area contributed by atoms with Crippen LogP contribution in [0.3, 0.4) is 0 Å². The summed E-state index contributed by atoms with van der Waals surface area (Å²) in [6, 6.07) is 8.47. The van der Waals surface area contributed by atoms with Crippen LogP contribution in [0, 0.1) is 0 Å². The molecule has 0 aliphatic carbocycles. The molecule has 0 unspecified atom stereocenters. The molecule has 0 fully saturated rings. The summed E-state index contributed by atoms with van der Waals surface area (Å²) in [6.07, 6.45) is 1.86. The number of rotatable bonds is 4. The molecule has 16 heavy (non-hydrogen) atoms. The third-order valence-corrected chi connectivity index (χ3v) is 3.56. The second-order valence-electron chi connectivity index (χ2n) is 3.72. The van der Waals surface area contributed by atoms with E-state index in [0.29, 0.717) is 5.88 Å². The van der Waals surface area contributed by atoms with E-state index in [9.17, 15) is 0 Å².